The number of ether oxygens (including phenoxy) is 2. The van der Waals surface area contributed by atoms with Crippen LogP contribution in [0.15, 0.2) is 54.6 Å². The summed E-state index contributed by atoms with van der Waals surface area (Å²) in [4.78, 5) is 0. The standard InChI is InChI=1S/C34H33F7O2/c1-2-3-4-5-6-15-42-25-19-28(35)27(29(36)20-25)14-9-21-8-13-26-24(16-21)12-11-23(32(26)39)10-7-22-17-30(37)33(31(38)18-22)43-34(40)41/h8,11-13,16-20,34H,2-7,9-10,14-15H2,1H3. The van der Waals surface area contributed by atoms with Gasteiger partial charge in [-0.25, -0.2) is 22.0 Å². The number of alkyl halides is 2. The van der Waals surface area contributed by atoms with Crippen LogP contribution in [0.25, 0.3) is 10.8 Å². The van der Waals surface area contributed by atoms with Gasteiger partial charge in [-0.15, -0.1) is 0 Å². The summed E-state index contributed by atoms with van der Waals surface area (Å²) in [6.07, 6.45) is 5.82. The van der Waals surface area contributed by atoms with Crippen molar-refractivity contribution in [3.8, 4) is 11.5 Å². The number of hydrogen-bond donors (Lipinski definition) is 0. The predicted molar refractivity (Wildman–Crippen MR) is 152 cm³/mol. The van der Waals surface area contributed by atoms with Crippen LogP contribution in [-0.2, 0) is 25.7 Å². The van der Waals surface area contributed by atoms with E-state index in [1.54, 1.807) is 30.3 Å². The molecule has 0 unspecified atom stereocenters. The first kappa shape index (κ1) is 32.2. The molecule has 0 bridgehead atoms. The van der Waals surface area contributed by atoms with Gasteiger partial charge in [0.25, 0.3) is 0 Å². The summed E-state index contributed by atoms with van der Waals surface area (Å²) in [6, 6.07) is 12.5. The molecule has 0 aliphatic rings. The maximum Gasteiger partial charge on any atom is 0.387 e. The third kappa shape index (κ3) is 8.65. The number of benzene rings is 4. The van der Waals surface area contributed by atoms with Crippen LogP contribution in [0, 0.1) is 29.1 Å². The Balaban J connectivity index is 1.37. The third-order valence-corrected chi connectivity index (χ3v) is 7.34. The first-order chi connectivity index (χ1) is 20.7. The normalized spacial score (nSPS) is 11.5. The molecular weight excluding hydrogens is 573 g/mol. The molecule has 4 aromatic rings. The molecule has 230 valence electrons. The molecule has 0 saturated heterocycles. The summed E-state index contributed by atoms with van der Waals surface area (Å²) in [5, 5.41) is 0.917. The summed E-state index contributed by atoms with van der Waals surface area (Å²) in [5.74, 6) is -5.37. The highest BCUT2D eigenvalue weighted by Gasteiger charge is 2.18. The molecule has 0 atom stereocenters. The molecule has 0 aliphatic heterocycles. The number of hydrogen-bond acceptors (Lipinski definition) is 2. The first-order valence-electron chi connectivity index (χ1n) is 14.4. The molecule has 9 heteroatoms. The minimum atomic E-state index is -3.37. The maximum absolute atomic E-state index is 15.3. The second-order valence-electron chi connectivity index (χ2n) is 10.5. The molecule has 43 heavy (non-hydrogen) atoms. The Morgan fingerprint density at radius 2 is 1.33 bits per heavy atom. The van der Waals surface area contributed by atoms with E-state index in [-0.39, 0.29) is 36.1 Å². The Morgan fingerprint density at radius 3 is 2.00 bits per heavy atom. The van der Waals surface area contributed by atoms with Gasteiger partial charge in [-0.2, -0.15) is 8.78 Å². The lowest BCUT2D eigenvalue weighted by Gasteiger charge is -2.12. The van der Waals surface area contributed by atoms with Crippen LogP contribution < -0.4 is 9.47 Å². The summed E-state index contributed by atoms with van der Waals surface area (Å²) in [5.41, 5.74) is 1.19. The Kier molecular flexibility index (Phi) is 11.3. The molecular formula is C34H33F7O2. The highest BCUT2D eigenvalue weighted by atomic mass is 19.3. The van der Waals surface area contributed by atoms with Crippen LogP contribution in [0.5, 0.6) is 11.5 Å². The molecule has 0 amide bonds. The molecule has 0 heterocycles. The molecule has 0 fully saturated rings. The lowest BCUT2D eigenvalue weighted by Crippen LogP contribution is -2.06. The van der Waals surface area contributed by atoms with Crippen molar-refractivity contribution in [1.29, 1.82) is 0 Å². The van der Waals surface area contributed by atoms with E-state index in [1.165, 1.54) is 12.1 Å². The fraction of sp³-hybridized carbons (Fsp3) is 0.353. The van der Waals surface area contributed by atoms with Gasteiger partial charge in [-0.1, -0.05) is 62.9 Å². The van der Waals surface area contributed by atoms with Crippen LogP contribution in [0.3, 0.4) is 0 Å². The molecule has 0 saturated carbocycles. The fourth-order valence-corrected chi connectivity index (χ4v) is 5.04. The van der Waals surface area contributed by atoms with Gasteiger partial charge < -0.3 is 9.47 Å². The Labute approximate surface area is 246 Å². The van der Waals surface area contributed by atoms with Gasteiger partial charge in [0.2, 0.25) is 0 Å². The van der Waals surface area contributed by atoms with Crippen molar-refractivity contribution < 1.29 is 40.2 Å². The Bertz CT molecular complexity index is 1490. The van der Waals surface area contributed by atoms with E-state index in [9.17, 15) is 26.3 Å². The molecule has 4 aromatic carbocycles. The number of aryl methyl sites for hydroxylation is 3. The topological polar surface area (TPSA) is 18.5 Å². The van der Waals surface area contributed by atoms with Gasteiger partial charge in [0.05, 0.1) is 6.61 Å². The molecule has 0 spiro atoms. The zero-order valence-electron chi connectivity index (χ0n) is 23.8. The Morgan fingerprint density at radius 1 is 0.651 bits per heavy atom. The van der Waals surface area contributed by atoms with Gasteiger partial charge in [-0.05, 0) is 66.3 Å². The maximum atomic E-state index is 15.3. The predicted octanol–water partition coefficient (Wildman–Crippen LogP) is 10.1. The van der Waals surface area contributed by atoms with Crippen molar-refractivity contribution in [3.05, 3.63) is 106 Å². The van der Waals surface area contributed by atoms with Crippen LogP contribution in [-0.4, -0.2) is 13.2 Å². The first-order valence-corrected chi connectivity index (χ1v) is 14.4. The van der Waals surface area contributed by atoms with E-state index in [1.807, 2.05) is 0 Å². The molecule has 4 rings (SSSR count). The fourth-order valence-electron chi connectivity index (χ4n) is 5.04. The van der Waals surface area contributed by atoms with E-state index >= 15 is 4.39 Å². The summed E-state index contributed by atoms with van der Waals surface area (Å²) < 4.78 is 107. The number of fused-ring (bicyclic) bond motifs is 1. The summed E-state index contributed by atoms with van der Waals surface area (Å²) >= 11 is 0. The van der Waals surface area contributed by atoms with Crippen molar-refractivity contribution in [2.75, 3.05) is 6.61 Å². The quantitative estimate of drug-likeness (QED) is 0.0991. The lowest BCUT2D eigenvalue weighted by atomic mass is 9.97. The monoisotopic (exact) mass is 606 g/mol. The minimum absolute atomic E-state index is 0.0430. The highest BCUT2D eigenvalue weighted by molar-refractivity contribution is 5.84. The van der Waals surface area contributed by atoms with E-state index in [0.717, 1.165) is 49.8 Å². The van der Waals surface area contributed by atoms with Crippen LogP contribution in [0.2, 0.25) is 0 Å². The average Bonchev–Trinajstić information content (AvgIpc) is 2.96. The van der Waals surface area contributed by atoms with Crippen LogP contribution in [0.1, 0.15) is 61.3 Å². The van der Waals surface area contributed by atoms with E-state index in [0.29, 0.717) is 29.4 Å². The average molecular weight is 607 g/mol. The van der Waals surface area contributed by atoms with Crippen molar-refractivity contribution in [2.45, 2.75) is 71.3 Å². The number of halogens is 7. The van der Waals surface area contributed by atoms with E-state index < -0.39 is 41.4 Å². The number of rotatable bonds is 15. The van der Waals surface area contributed by atoms with Gasteiger partial charge in [0, 0.05) is 23.1 Å². The second-order valence-corrected chi connectivity index (χ2v) is 10.5. The van der Waals surface area contributed by atoms with Crippen molar-refractivity contribution in [1.82, 2.24) is 0 Å². The van der Waals surface area contributed by atoms with Gasteiger partial charge in [0.15, 0.2) is 17.4 Å². The molecule has 0 aliphatic carbocycles. The number of unbranched alkanes of at least 4 members (excludes halogenated alkanes) is 4. The Hall–Kier alpha value is -3.75. The van der Waals surface area contributed by atoms with Crippen molar-refractivity contribution in [2.24, 2.45) is 0 Å². The summed E-state index contributed by atoms with van der Waals surface area (Å²) in [7, 11) is 0. The minimum Gasteiger partial charge on any atom is -0.493 e. The van der Waals surface area contributed by atoms with E-state index in [4.69, 9.17) is 4.74 Å². The highest BCUT2D eigenvalue weighted by Crippen LogP contribution is 2.28. The van der Waals surface area contributed by atoms with Crippen molar-refractivity contribution in [3.63, 3.8) is 0 Å². The molecule has 0 radical (unpaired) electrons. The smallest absolute Gasteiger partial charge is 0.387 e. The van der Waals surface area contributed by atoms with Crippen LogP contribution in [0.4, 0.5) is 30.7 Å². The zero-order chi connectivity index (χ0) is 30.9. The molecule has 2 nitrogen and oxygen atoms in total. The lowest BCUT2D eigenvalue weighted by molar-refractivity contribution is -0.0546. The van der Waals surface area contributed by atoms with Crippen molar-refractivity contribution >= 4 is 10.8 Å². The van der Waals surface area contributed by atoms with E-state index in [2.05, 4.69) is 11.7 Å². The molecule has 0 N–H and O–H groups in total. The zero-order valence-corrected chi connectivity index (χ0v) is 23.8. The third-order valence-electron chi connectivity index (χ3n) is 7.34. The van der Waals surface area contributed by atoms with Gasteiger partial charge >= 0.3 is 6.61 Å². The largest absolute Gasteiger partial charge is 0.493 e. The summed E-state index contributed by atoms with van der Waals surface area (Å²) in [6.45, 7) is -0.838. The van der Waals surface area contributed by atoms with Gasteiger partial charge in [-0.3, -0.25) is 0 Å². The van der Waals surface area contributed by atoms with Crippen LogP contribution >= 0.6 is 0 Å². The van der Waals surface area contributed by atoms with Gasteiger partial charge in [0.1, 0.15) is 23.2 Å². The SMILES string of the molecule is CCCCCCCOc1cc(F)c(CCc2ccc3c(F)c(CCc4cc(F)c(OC(F)F)c(F)c4)ccc3c2)c(F)c1. The molecule has 0 aromatic heterocycles. The second kappa shape index (κ2) is 15.1.